The molecule has 4 heterocycles. The summed E-state index contributed by atoms with van der Waals surface area (Å²) in [5.41, 5.74) is 2.33. The van der Waals surface area contributed by atoms with Gasteiger partial charge in [-0.25, -0.2) is 22.2 Å². The van der Waals surface area contributed by atoms with Gasteiger partial charge in [0.05, 0.1) is 43.1 Å². The predicted molar refractivity (Wildman–Crippen MR) is 152 cm³/mol. The van der Waals surface area contributed by atoms with E-state index in [-0.39, 0.29) is 29.7 Å². The molecule has 2 unspecified atom stereocenters. The number of pyridine rings is 1. The number of morpholine rings is 1. The van der Waals surface area contributed by atoms with Gasteiger partial charge in [0.25, 0.3) is 10.0 Å². The number of fused-ring (bicyclic) bond motifs is 1. The molecule has 2 aromatic carbocycles. The first-order chi connectivity index (χ1) is 20.6. The third kappa shape index (κ3) is 5.91. The molecule has 1 aliphatic heterocycles. The summed E-state index contributed by atoms with van der Waals surface area (Å²) in [5, 5.41) is 16.4. The Morgan fingerprint density at radius 1 is 1.07 bits per heavy atom. The summed E-state index contributed by atoms with van der Waals surface area (Å²) in [4.78, 5) is 5.72. The quantitative estimate of drug-likeness (QED) is 0.259. The predicted octanol–water partition coefficient (Wildman–Crippen LogP) is 4.37. The fourth-order valence-corrected chi connectivity index (χ4v) is 6.27. The van der Waals surface area contributed by atoms with E-state index >= 15 is 0 Å². The standard InChI is InChI=1S/C28H27F2N7O5S/c1-15-12-37(13-16(2)41-15)14-26-34-35-27(42-26)20-6-17(7-23-21(20)11-32-33-23)18-8-24(28(40-3)31-10-18)36-43(38,39)25-5-4-19(29)9-22(25)30/h4-11,15-16,36H,12-14H2,1-3H3,(H,32,33). The number of rotatable bonds is 8. The summed E-state index contributed by atoms with van der Waals surface area (Å²) in [6, 6.07) is 7.29. The molecule has 5 aromatic rings. The van der Waals surface area contributed by atoms with Crippen LogP contribution in [0.15, 0.2) is 58.1 Å². The number of aromatic nitrogens is 5. The third-order valence-corrected chi connectivity index (χ3v) is 8.31. The lowest BCUT2D eigenvalue weighted by Gasteiger charge is -2.34. The maximum absolute atomic E-state index is 14.3. The fourth-order valence-electron chi connectivity index (χ4n) is 5.16. The van der Waals surface area contributed by atoms with Gasteiger partial charge in [0.1, 0.15) is 22.2 Å². The molecule has 1 aliphatic rings. The summed E-state index contributed by atoms with van der Waals surface area (Å²) in [7, 11) is -3.14. The maximum atomic E-state index is 14.3. The molecule has 0 bridgehead atoms. The average molecular weight is 612 g/mol. The molecule has 2 N–H and O–H groups in total. The van der Waals surface area contributed by atoms with Crippen molar-refractivity contribution in [2.24, 2.45) is 0 Å². The molecule has 6 rings (SSSR count). The van der Waals surface area contributed by atoms with Crippen LogP contribution in [0.3, 0.4) is 0 Å². The number of H-pyrrole nitrogens is 1. The molecule has 1 fully saturated rings. The van der Waals surface area contributed by atoms with Crippen molar-refractivity contribution in [1.29, 1.82) is 0 Å². The van der Waals surface area contributed by atoms with E-state index in [0.717, 1.165) is 30.6 Å². The summed E-state index contributed by atoms with van der Waals surface area (Å²) in [6.45, 7) is 6.00. The minimum atomic E-state index is -4.46. The highest BCUT2D eigenvalue weighted by atomic mass is 32.2. The van der Waals surface area contributed by atoms with E-state index in [0.29, 0.717) is 40.7 Å². The van der Waals surface area contributed by atoms with Crippen LogP contribution in [0.5, 0.6) is 5.88 Å². The molecular weight excluding hydrogens is 584 g/mol. The lowest BCUT2D eigenvalue weighted by atomic mass is 10.0. The van der Waals surface area contributed by atoms with Crippen LogP contribution in [0.1, 0.15) is 19.7 Å². The second-order valence-corrected chi connectivity index (χ2v) is 11.9. The van der Waals surface area contributed by atoms with E-state index in [9.17, 15) is 17.2 Å². The van der Waals surface area contributed by atoms with Crippen molar-refractivity contribution in [2.45, 2.75) is 37.5 Å². The summed E-state index contributed by atoms with van der Waals surface area (Å²) in [5.74, 6) is -1.45. The summed E-state index contributed by atoms with van der Waals surface area (Å²) in [6.07, 6.45) is 3.33. The van der Waals surface area contributed by atoms with Crippen molar-refractivity contribution < 1.29 is 31.1 Å². The molecule has 0 aliphatic carbocycles. The molecule has 1 saturated heterocycles. The van der Waals surface area contributed by atoms with Crippen LogP contribution in [-0.2, 0) is 21.3 Å². The summed E-state index contributed by atoms with van der Waals surface area (Å²) < 4.78 is 73.1. The van der Waals surface area contributed by atoms with Gasteiger partial charge in [-0.15, -0.1) is 10.2 Å². The number of anilines is 1. The van der Waals surface area contributed by atoms with Crippen LogP contribution in [-0.4, -0.2) is 71.1 Å². The number of halogens is 2. The number of nitrogens with one attached hydrogen (secondary N) is 2. The first kappa shape index (κ1) is 28.6. The van der Waals surface area contributed by atoms with E-state index in [2.05, 4.69) is 35.0 Å². The zero-order chi connectivity index (χ0) is 30.3. The van der Waals surface area contributed by atoms with Crippen molar-refractivity contribution in [3.05, 3.63) is 66.3 Å². The molecule has 0 radical (unpaired) electrons. The van der Waals surface area contributed by atoms with Crippen LogP contribution in [0.25, 0.3) is 33.5 Å². The Balaban J connectivity index is 1.34. The average Bonchev–Trinajstić information content (AvgIpc) is 3.61. The van der Waals surface area contributed by atoms with Crippen molar-refractivity contribution in [2.75, 3.05) is 24.9 Å². The van der Waals surface area contributed by atoms with Gasteiger partial charge >= 0.3 is 0 Å². The minimum absolute atomic E-state index is 0.0500. The number of sulfonamides is 1. The zero-order valence-electron chi connectivity index (χ0n) is 23.3. The Bertz CT molecular complexity index is 1900. The van der Waals surface area contributed by atoms with Crippen LogP contribution in [0.2, 0.25) is 0 Å². The first-order valence-electron chi connectivity index (χ1n) is 13.3. The monoisotopic (exact) mass is 611 g/mol. The van der Waals surface area contributed by atoms with E-state index in [1.54, 1.807) is 18.3 Å². The van der Waals surface area contributed by atoms with Gasteiger partial charge in [0, 0.05) is 36.3 Å². The van der Waals surface area contributed by atoms with Gasteiger partial charge in [-0.1, -0.05) is 0 Å². The number of ether oxygens (including phenoxy) is 2. The number of benzene rings is 2. The third-order valence-electron chi connectivity index (χ3n) is 6.92. The van der Waals surface area contributed by atoms with Crippen LogP contribution < -0.4 is 9.46 Å². The molecule has 15 heteroatoms. The highest BCUT2D eigenvalue weighted by Gasteiger charge is 2.25. The normalized spacial score (nSPS) is 17.8. The van der Waals surface area contributed by atoms with Crippen molar-refractivity contribution in [1.82, 2.24) is 30.3 Å². The Morgan fingerprint density at radius 3 is 2.60 bits per heavy atom. The smallest absolute Gasteiger partial charge is 0.264 e. The van der Waals surface area contributed by atoms with E-state index in [1.165, 1.54) is 19.4 Å². The maximum Gasteiger partial charge on any atom is 0.264 e. The summed E-state index contributed by atoms with van der Waals surface area (Å²) >= 11 is 0. The molecule has 224 valence electrons. The molecule has 0 spiro atoms. The lowest BCUT2D eigenvalue weighted by molar-refractivity contribution is -0.0721. The Kier molecular flexibility index (Phi) is 7.54. The minimum Gasteiger partial charge on any atom is -0.480 e. The lowest BCUT2D eigenvalue weighted by Crippen LogP contribution is -2.44. The molecule has 12 nitrogen and oxygen atoms in total. The van der Waals surface area contributed by atoms with Crippen LogP contribution in [0, 0.1) is 11.6 Å². The van der Waals surface area contributed by atoms with Crippen LogP contribution in [0.4, 0.5) is 14.5 Å². The highest BCUT2D eigenvalue weighted by Crippen LogP contribution is 2.36. The topological polar surface area (TPSA) is 148 Å². The van der Waals surface area contributed by atoms with Gasteiger partial charge in [0.15, 0.2) is 0 Å². The van der Waals surface area contributed by atoms with Gasteiger partial charge < -0.3 is 13.9 Å². The Morgan fingerprint density at radius 2 is 1.86 bits per heavy atom. The van der Waals surface area contributed by atoms with Crippen molar-refractivity contribution in [3.8, 4) is 28.5 Å². The second kappa shape index (κ2) is 11.3. The Hall–Kier alpha value is -4.47. The number of hydrogen-bond acceptors (Lipinski definition) is 10. The molecule has 43 heavy (non-hydrogen) atoms. The van der Waals surface area contributed by atoms with Gasteiger partial charge in [-0.2, -0.15) is 5.10 Å². The van der Waals surface area contributed by atoms with E-state index in [4.69, 9.17) is 13.9 Å². The van der Waals surface area contributed by atoms with Crippen LogP contribution >= 0.6 is 0 Å². The van der Waals surface area contributed by atoms with Gasteiger partial charge in [0.2, 0.25) is 17.7 Å². The molecule has 3 aromatic heterocycles. The largest absolute Gasteiger partial charge is 0.480 e. The molecule has 0 saturated carbocycles. The van der Waals surface area contributed by atoms with E-state index in [1.807, 2.05) is 13.8 Å². The number of aromatic amines is 1. The number of nitrogens with zero attached hydrogens (tertiary/aromatic N) is 5. The van der Waals surface area contributed by atoms with Crippen molar-refractivity contribution >= 4 is 26.6 Å². The first-order valence-corrected chi connectivity index (χ1v) is 14.8. The Labute approximate surface area is 245 Å². The van der Waals surface area contributed by atoms with Gasteiger partial charge in [-0.3, -0.25) is 14.7 Å². The number of methoxy groups -OCH3 is 1. The van der Waals surface area contributed by atoms with Gasteiger partial charge in [-0.05, 0) is 49.7 Å². The molecule has 0 amide bonds. The zero-order valence-corrected chi connectivity index (χ0v) is 24.2. The van der Waals surface area contributed by atoms with Crippen molar-refractivity contribution in [3.63, 3.8) is 0 Å². The fraction of sp³-hybridized carbons (Fsp3) is 0.286. The highest BCUT2D eigenvalue weighted by molar-refractivity contribution is 7.92. The second-order valence-electron chi connectivity index (χ2n) is 10.3. The van der Waals surface area contributed by atoms with E-state index < -0.39 is 26.6 Å². The SMILES string of the molecule is COc1ncc(-c2cc(-c3nnc(CN4CC(C)OC(C)C4)o3)c3cn[nH]c3c2)cc1NS(=O)(=O)c1ccc(F)cc1F. The molecule has 2 atom stereocenters. The molecular formula is C28H27F2N7O5S. The number of hydrogen-bond donors (Lipinski definition) is 2.